The molecule has 0 aromatic rings. The summed E-state index contributed by atoms with van der Waals surface area (Å²) in [6, 6.07) is 1.85. The van der Waals surface area contributed by atoms with Crippen LogP contribution in [0.1, 0.15) is 39.5 Å². The van der Waals surface area contributed by atoms with E-state index in [9.17, 15) is 9.90 Å². The molecular weight excluding hydrogens is 193 g/mol. The molecule has 0 heterocycles. The smallest absolute Gasteiger partial charge is 0.548 e. The first-order chi connectivity index (χ1) is 5.63. The first kappa shape index (κ1) is 16.0. The van der Waals surface area contributed by atoms with Gasteiger partial charge in [0.2, 0.25) is 0 Å². The molecule has 0 spiro atoms. The number of rotatable bonds is 5. The fraction of sp³-hybridized carbons (Fsp3) is 0.778. The van der Waals surface area contributed by atoms with Gasteiger partial charge in [0, 0.05) is 0 Å². The van der Waals surface area contributed by atoms with Crippen molar-refractivity contribution in [1.29, 1.82) is 5.26 Å². The predicted molar refractivity (Wildman–Crippen MR) is 42.9 cm³/mol. The van der Waals surface area contributed by atoms with Crippen LogP contribution in [0.15, 0.2) is 0 Å². The van der Waals surface area contributed by atoms with Gasteiger partial charge in [-0.15, -0.1) is 0 Å². The summed E-state index contributed by atoms with van der Waals surface area (Å²) in [6.45, 7) is 3.73. The van der Waals surface area contributed by atoms with Crippen molar-refractivity contribution in [1.82, 2.24) is 0 Å². The first-order valence-electron chi connectivity index (χ1n) is 4.25. The van der Waals surface area contributed by atoms with Crippen LogP contribution in [0.3, 0.4) is 0 Å². The summed E-state index contributed by atoms with van der Waals surface area (Å²) in [4.78, 5) is 10.7. The molecule has 0 aliphatic rings. The van der Waals surface area contributed by atoms with Crippen LogP contribution in [0.2, 0.25) is 0 Å². The average Bonchev–Trinajstić information content (AvgIpc) is 2.03. The molecule has 0 saturated carbocycles. The minimum Gasteiger partial charge on any atom is -0.548 e. The molecule has 4 heteroatoms. The molecule has 0 bridgehead atoms. The molecule has 0 unspecified atom stereocenters. The summed E-state index contributed by atoms with van der Waals surface area (Å²) < 4.78 is 0. The van der Waals surface area contributed by atoms with Gasteiger partial charge in [-0.3, -0.25) is 0 Å². The molecule has 0 rings (SSSR count). The fourth-order valence-electron chi connectivity index (χ4n) is 1.34. The number of carbonyl (C=O) groups is 1. The Labute approximate surface area is 122 Å². The average molecular weight is 207 g/mol. The van der Waals surface area contributed by atoms with E-state index in [4.69, 9.17) is 5.26 Å². The predicted octanol–water partition coefficient (Wildman–Crippen LogP) is -2.15. The van der Waals surface area contributed by atoms with Gasteiger partial charge in [0.15, 0.2) is 0 Å². The van der Waals surface area contributed by atoms with Crippen molar-refractivity contribution in [3.05, 3.63) is 0 Å². The number of carboxylic acid groups (broad SMARTS) is 1. The standard InChI is InChI=1S/C9H15NO2.K/c1-3-5-9(7-10,6-4-2)8(11)12;/h3-6H2,1-2H3,(H,11,12);/q;+1/p-1. The molecule has 0 amide bonds. The third kappa shape index (κ3) is 4.57. The van der Waals surface area contributed by atoms with Crippen molar-refractivity contribution in [3.8, 4) is 6.07 Å². The Kier molecular flexibility index (Phi) is 9.81. The number of aliphatic carboxylic acids is 1. The maximum atomic E-state index is 10.7. The zero-order valence-corrected chi connectivity index (χ0v) is 11.7. The first-order valence-corrected chi connectivity index (χ1v) is 4.25. The minimum atomic E-state index is -1.25. The topological polar surface area (TPSA) is 63.9 Å². The summed E-state index contributed by atoms with van der Waals surface area (Å²) >= 11 is 0. The maximum absolute atomic E-state index is 10.7. The van der Waals surface area contributed by atoms with E-state index >= 15 is 0 Å². The summed E-state index contributed by atoms with van der Waals surface area (Å²) in [7, 11) is 0. The number of carbonyl (C=O) groups excluding carboxylic acids is 1. The van der Waals surface area contributed by atoms with Gasteiger partial charge >= 0.3 is 51.4 Å². The summed E-state index contributed by atoms with van der Waals surface area (Å²) in [5.74, 6) is -1.23. The van der Waals surface area contributed by atoms with Crippen LogP contribution in [0.4, 0.5) is 0 Å². The second kappa shape index (κ2) is 7.95. The molecule has 0 aliphatic carbocycles. The second-order valence-electron chi connectivity index (χ2n) is 2.98. The Morgan fingerprint density at radius 2 is 1.77 bits per heavy atom. The number of nitriles is 1. The van der Waals surface area contributed by atoms with E-state index in [-0.39, 0.29) is 51.4 Å². The van der Waals surface area contributed by atoms with E-state index in [1.807, 2.05) is 19.9 Å². The molecule has 0 atom stereocenters. The van der Waals surface area contributed by atoms with Gasteiger partial charge in [0.05, 0.1) is 17.5 Å². The normalized spacial score (nSPS) is 9.92. The van der Waals surface area contributed by atoms with Gasteiger partial charge in [0.25, 0.3) is 0 Å². The van der Waals surface area contributed by atoms with E-state index in [0.29, 0.717) is 25.7 Å². The van der Waals surface area contributed by atoms with Crippen molar-refractivity contribution in [2.24, 2.45) is 5.41 Å². The third-order valence-electron chi connectivity index (χ3n) is 1.96. The van der Waals surface area contributed by atoms with E-state index in [2.05, 4.69) is 0 Å². The van der Waals surface area contributed by atoms with Crippen molar-refractivity contribution in [2.75, 3.05) is 0 Å². The SMILES string of the molecule is CCCC(C#N)(CCC)C(=O)[O-].[K+]. The van der Waals surface area contributed by atoms with Crippen LogP contribution in [-0.4, -0.2) is 5.97 Å². The molecule has 0 aromatic heterocycles. The molecule has 0 aromatic carbocycles. The second-order valence-corrected chi connectivity index (χ2v) is 2.98. The van der Waals surface area contributed by atoms with Gasteiger partial charge in [-0.2, -0.15) is 5.26 Å². The van der Waals surface area contributed by atoms with Crippen molar-refractivity contribution >= 4 is 5.97 Å². The van der Waals surface area contributed by atoms with Gasteiger partial charge in [-0.1, -0.05) is 26.7 Å². The van der Waals surface area contributed by atoms with E-state index in [1.54, 1.807) is 0 Å². The van der Waals surface area contributed by atoms with Crippen LogP contribution in [0.5, 0.6) is 0 Å². The van der Waals surface area contributed by atoms with Crippen LogP contribution >= 0.6 is 0 Å². The monoisotopic (exact) mass is 207 g/mol. The Hall–Kier alpha value is 0.596. The minimum absolute atomic E-state index is 0. The Bertz CT molecular complexity index is 192. The van der Waals surface area contributed by atoms with Crippen LogP contribution in [-0.2, 0) is 4.79 Å². The van der Waals surface area contributed by atoms with Crippen molar-refractivity contribution in [2.45, 2.75) is 39.5 Å². The molecule has 68 valence electrons. The Morgan fingerprint density at radius 1 is 1.38 bits per heavy atom. The van der Waals surface area contributed by atoms with Gasteiger partial charge in [-0.25, -0.2) is 0 Å². The van der Waals surface area contributed by atoms with E-state index < -0.39 is 11.4 Å². The van der Waals surface area contributed by atoms with Crippen molar-refractivity contribution < 1.29 is 61.3 Å². The Morgan fingerprint density at radius 3 is 1.92 bits per heavy atom. The fourth-order valence-corrected chi connectivity index (χ4v) is 1.34. The molecule has 0 radical (unpaired) electrons. The molecule has 0 fully saturated rings. The molecule has 0 saturated heterocycles. The number of nitrogens with zero attached hydrogens (tertiary/aromatic N) is 1. The van der Waals surface area contributed by atoms with E-state index in [0.717, 1.165) is 0 Å². The summed E-state index contributed by atoms with van der Waals surface area (Å²) in [6.07, 6.45) is 2.17. The number of hydrogen-bond donors (Lipinski definition) is 0. The van der Waals surface area contributed by atoms with Gasteiger partial charge in [-0.05, 0) is 12.8 Å². The molecule has 13 heavy (non-hydrogen) atoms. The zero-order valence-electron chi connectivity index (χ0n) is 8.59. The molecule has 3 nitrogen and oxygen atoms in total. The Balaban J connectivity index is 0. The summed E-state index contributed by atoms with van der Waals surface area (Å²) in [5.41, 5.74) is -1.25. The molecular formula is C9H14KNO2. The van der Waals surface area contributed by atoms with Crippen LogP contribution in [0.25, 0.3) is 0 Å². The van der Waals surface area contributed by atoms with Crippen molar-refractivity contribution in [3.63, 3.8) is 0 Å². The van der Waals surface area contributed by atoms with Gasteiger partial charge in [0.1, 0.15) is 0 Å². The number of hydrogen-bond acceptors (Lipinski definition) is 3. The quantitative estimate of drug-likeness (QED) is 0.483. The molecule has 0 aliphatic heterocycles. The van der Waals surface area contributed by atoms with E-state index in [1.165, 1.54) is 0 Å². The number of carboxylic acids is 1. The summed E-state index contributed by atoms with van der Waals surface area (Å²) in [5, 5.41) is 19.4. The third-order valence-corrected chi connectivity index (χ3v) is 1.96. The maximum Gasteiger partial charge on any atom is 1.00 e. The largest absolute Gasteiger partial charge is 1.00 e. The van der Waals surface area contributed by atoms with Gasteiger partial charge < -0.3 is 9.90 Å². The van der Waals surface area contributed by atoms with Crippen LogP contribution < -0.4 is 56.5 Å². The molecule has 0 N–H and O–H groups in total. The zero-order chi connectivity index (χ0) is 9.61. The van der Waals surface area contributed by atoms with Crippen LogP contribution in [0, 0.1) is 16.7 Å².